The molecule has 1 atom stereocenters. The molecule has 0 bridgehead atoms. The third kappa shape index (κ3) is 4.76. The van der Waals surface area contributed by atoms with Crippen LogP contribution in [0.3, 0.4) is 0 Å². The molecule has 0 saturated carbocycles. The lowest BCUT2D eigenvalue weighted by Crippen LogP contribution is -2.34. The molecule has 1 aliphatic carbocycles. The molecule has 0 fully saturated rings. The summed E-state index contributed by atoms with van der Waals surface area (Å²) >= 11 is 0. The van der Waals surface area contributed by atoms with E-state index < -0.39 is 11.9 Å². The van der Waals surface area contributed by atoms with Gasteiger partial charge in [-0.15, -0.1) is 0 Å². The molecule has 1 aliphatic heterocycles. The molecule has 8 nitrogen and oxygen atoms in total. The van der Waals surface area contributed by atoms with Gasteiger partial charge in [0.15, 0.2) is 17.3 Å². The van der Waals surface area contributed by atoms with Crippen molar-refractivity contribution in [2.24, 2.45) is 0 Å². The quantitative estimate of drug-likeness (QED) is 0.540. The molecule has 2 aromatic rings. The number of esters is 1. The third-order valence-corrected chi connectivity index (χ3v) is 6.55. The van der Waals surface area contributed by atoms with Gasteiger partial charge >= 0.3 is 5.97 Å². The third-order valence-electron chi connectivity index (χ3n) is 6.55. The monoisotopic (exact) mass is 493 g/mol. The number of dihydropyridines is 1. The van der Waals surface area contributed by atoms with Gasteiger partial charge in [-0.05, 0) is 55.2 Å². The van der Waals surface area contributed by atoms with Gasteiger partial charge in [0.2, 0.25) is 5.75 Å². The number of hydrogen-bond acceptors (Lipinski definition) is 8. The number of Topliss-reactive ketones (excluding diaryl/α,β-unsaturated/α-hetero) is 1. The molecule has 0 radical (unpaired) electrons. The summed E-state index contributed by atoms with van der Waals surface area (Å²) in [5, 5.41) is 3.31. The molecule has 2 aromatic carbocycles. The highest BCUT2D eigenvalue weighted by atomic mass is 16.5. The van der Waals surface area contributed by atoms with Crippen LogP contribution in [-0.4, -0.2) is 40.2 Å². The number of carbonyl (C=O) groups is 2. The summed E-state index contributed by atoms with van der Waals surface area (Å²) in [6, 6.07) is 10.9. The molecular formula is C28H31NO7. The highest BCUT2D eigenvalue weighted by molar-refractivity contribution is 6.03. The Kier molecular flexibility index (Phi) is 7.52. The van der Waals surface area contributed by atoms with Crippen molar-refractivity contribution >= 4 is 11.8 Å². The van der Waals surface area contributed by atoms with Gasteiger partial charge in [0.25, 0.3) is 0 Å². The van der Waals surface area contributed by atoms with Crippen LogP contribution in [0.4, 0.5) is 0 Å². The molecule has 2 aliphatic rings. The first kappa shape index (κ1) is 25.2. The number of ketones is 1. The molecule has 8 heteroatoms. The Morgan fingerprint density at radius 1 is 0.944 bits per heavy atom. The second-order valence-corrected chi connectivity index (χ2v) is 8.65. The Labute approximate surface area is 210 Å². The van der Waals surface area contributed by atoms with Crippen LogP contribution in [0.2, 0.25) is 0 Å². The van der Waals surface area contributed by atoms with Crippen LogP contribution in [0.15, 0.2) is 58.9 Å². The zero-order chi connectivity index (χ0) is 25.8. The Balaban J connectivity index is 1.76. The van der Waals surface area contributed by atoms with Crippen LogP contribution in [0.1, 0.15) is 43.2 Å². The molecule has 4 rings (SSSR count). The van der Waals surface area contributed by atoms with Crippen LogP contribution >= 0.6 is 0 Å². The zero-order valence-electron chi connectivity index (χ0n) is 21.2. The summed E-state index contributed by atoms with van der Waals surface area (Å²) in [6.45, 7) is 1.92. The van der Waals surface area contributed by atoms with Crippen molar-refractivity contribution < 1.29 is 33.3 Å². The molecule has 0 aromatic heterocycles. The molecule has 1 heterocycles. The van der Waals surface area contributed by atoms with Gasteiger partial charge in [-0.1, -0.05) is 12.1 Å². The van der Waals surface area contributed by atoms with E-state index in [0.29, 0.717) is 46.1 Å². The highest BCUT2D eigenvalue weighted by Gasteiger charge is 2.40. The second-order valence-electron chi connectivity index (χ2n) is 8.65. The minimum absolute atomic E-state index is 0.00968. The van der Waals surface area contributed by atoms with E-state index in [4.69, 9.17) is 23.7 Å². The number of ether oxygens (including phenoxy) is 5. The van der Waals surface area contributed by atoms with Crippen molar-refractivity contribution in [3.05, 3.63) is 70.1 Å². The summed E-state index contributed by atoms with van der Waals surface area (Å²) in [5.74, 6) is 0.920. The van der Waals surface area contributed by atoms with E-state index in [1.165, 1.54) is 21.3 Å². The van der Waals surface area contributed by atoms with Crippen LogP contribution in [-0.2, 0) is 20.9 Å². The maximum absolute atomic E-state index is 13.5. The molecule has 0 spiro atoms. The summed E-state index contributed by atoms with van der Waals surface area (Å²) in [5.41, 5.74) is 3.97. The van der Waals surface area contributed by atoms with Crippen molar-refractivity contribution in [1.29, 1.82) is 0 Å². The first-order chi connectivity index (χ1) is 17.4. The predicted octanol–water partition coefficient (Wildman–Crippen LogP) is 4.43. The van der Waals surface area contributed by atoms with Crippen molar-refractivity contribution in [3.8, 4) is 23.0 Å². The number of nitrogens with one attached hydrogen (secondary N) is 1. The number of rotatable bonds is 8. The van der Waals surface area contributed by atoms with E-state index >= 15 is 0 Å². The van der Waals surface area contributed by atoms with Crippen molar-refractivity contribution in [3.63, 3.8) is 0 Å². The van der Waals surface area contributed by atoms with E-state index in [-0.39, 0.29) is 12.4 Å². The van der Waals surface area contributed by atoms with Gasteiger partial charge in [0.1, 0.15) is 12.4 Å². The summed E-state index contributed by atoms with van der Waals surface area (Å²) < 4.78 is 27.5. The van der Waals surface area contributed by atoms with Crippen molar-refractivity contribution in [1.82, 2.24) is 5.32 Å². The fourth-order valence-electron chi connectivity index (χ4n) is 4.80. The standard InChI is InChI=1S/C28H31NO7/c1-16-24(28(31)36-15-17-9-11-19(32-2)12-10-17)25(26-20(29-16)7-6-8-21(26)30)18-13-22(33-3)27(35-5)23(14-18)34-4/h9-14,25,29H,6-8,15H2,1-5H3/t25-/m0/s1. The lowest BCUT2D eigenvalue weighted by Gasteiger charge is -2.34. The second kappa shape index (κ2) is 10.8. The molecule has 0 saturated heterocycles. The van der Waals surface area contributed by atoms with E-state index in [2.05, 4.69) is 5.32 Å². The minimum atomic E-state index is -0.633. The molecular weight excluding hydrogens is 462 g/mol. The number of allylic oxidation sites excluding steroid dienone is 3. The lowest BCUT2D eigenvalue weighted by atomic mass is 9.75. The van der Waals surface area contributed by atoms with Crippen LogP contribution in [0.5, 0.6) is 23.0 Å². The van der Waals surface area contributed by atoms with Crippen LogP contribution in [0, 0.1) is 0 Å². The van der Waals surface area contributed by atoms with Gasteiger partial charge in [-0.2, -0.15) is 0 Å². The molecule has 190 valence electrons. The van der Waals surface area contributed by atoms with E-state index in [9.17, 15) is 9.59 Å². The molecule has 36 heavy (non-hydrogen) atoms. The average Bonchev–Trinajstić information content (AvgIpc) is 2.90. The summed E-state index contributed by atoms with van der Waals surface area (Å²) in [6.07, 6.45) is 1.92. The Morgan fingerprint density at radius 3 is 2.19 bits per heavy atom. The molecule has 0 amide bonds. The maximum Gasteiger partial charge on any atom is 0.337 e. The van der Waals surface area contributed by atoms with Gasteiger partial charge in [-0.3, -0.25) is 4.79 Å². The smallest absolute Gasteiger partial charge is 0.337 e. The fraction of sp³-hybridized carbons (Fsp3) is 0.357. The first-order valence-electron chi connectivity index (χ1n) is 11.8. The van der Waals surface area contributed by atoms with Crippen molar-refractivity contribution in [2.45, 2.75) is 38.7 Å². The number of methoxy groups -OCH3 is 4. The largest absolute Gasteiger partial charge is 0.497 e. The van der Waals surface area contributed by atoms with E-state index in [0.717, 1.165) is 29.9 Å². The number of benzene rings is 2. The SMILES string of the molecule is COc1ccc(COC(=O)C2=C(C)NC3=C(C(=O)CCC3)[C@H]2c2cc(OC)c(OC)c(OC)c2)cc1. The van der Waals surface area contributed by atoms with Crippen LogP contribution < -0.4 is 24.3 Å². The van der Waals surface area contributed by atoms with Gasteiger partial charge in [0, 0.05) is 29.3 Å². The van der Waals surface area contributed by atoms with Gasteiger partial charge < -0.3 is 29.0 Å². The number of carbonyl (C=O) groups excluding carboxylic acids is 2. The number of hydrogen-bond donors (Lipinski definition) is 1. The lowest BCUT2D eigenvalue weighted by molar-refractivity contribution is -0.140. The molecule has 1 N–H and O–H groups in total. The van der Waals surface area contributed by atoms with E-state index in [1.807, 2.05) is 31.2 Å². The highest BCUT2D eigenvalue weighted by Crippen LogP contribution is 2.47. The van der Waals surface area contributed by atoms with Crippen molar-refractivity contribution in [2.75, 3.05) is 28.4 Å². The maximum atomic E-state index is 13.5. The van der Waals surface area contributed by atoms with Crippen LogP contribution in [0.25, 0.3) is 0 Å². The summed E-state index contributed by atoms with van der Waals surface area (Å²) in [7, 11) is 6.19. The predicted molar refractivity (Wildman–Crippen MR) is 133 cm³/mol. The zero-order valence-corrected chi connectivity index (χ0v) is 21.2. The van der Waals surface area contributed by atoms with E-state index in [1.54, 1.807) is 19.2 Å². The van der Waals surface area contributed by atoms with Gasteiger partial charge in [0.05, 0.1) is 34.0 Å². The topological polar surface area (TPSA) is 92.3 Å². The Morgan fingerprint density at radius 2 is 1.61 bits per heavy atom. The average molecular weight is 494 g/mol. The first-order valence-corrected chi connectivity index (χ1v) is 11.8. The summed E-state index contributed by atoms with van der Waals surface area (Å²) in [4.78, 5) is 26.7. The Hall–Kier alpha value is -3.94. The normalized spacial score (nSPS) is 17.2. The molecule has 0 unspecified atom stereocenters. The Bertz CT molecular complexity index is 1200. The van der Waals surface area contributed by atoms with Gasteiger partial charge in [-0.25, -0.2) is 4.79 Å². The fourth-order valence-corrected chi connectivity index (χ4v) is 4.80. The minimum Gasteiger partial charge on any atom is -0.497 e.